The molecule has 1 aliphatic heterocycles. The number of morpholine rings is 1. The normalized spacial score (nSPS) is 15.3. The van der Waals surface area contributed by atoms with Crippen LogP contribution < -0.4 is 0 Å². The van der Waals surface area contributed by atoms with E-state index in [4.69, 9.17) is 4.74 Å². The molecule has 1 aromatic carbocycles. The molecule has 1 aromatic heterocycles. The minimum Gasteiger partial charge on any atom is -0.378 e. The molecule has 0 bridgehead atoms. The number of amides is 1. The lowest BCUT2D eigenvalue weighted by molar-refractivity contribution is 0.0303. The predicted molar refractivity (Wildman–Crippen MR) is 71.0 cm³/mol. The van der Waals surface area contributed by atoms with Crippen LogP contribution in [-0.4, -0.2) is 57.3 Å². The number of hydrogen-bond donors (Lipinski definition) is 0. The monoisotopic (exact) mass is 273 g/mol. The first kappa shape index (κ1) is 12.7. The van der Waals surface area contributed by atoms with Crippen LogP contribution in [0.1, 0.15) is 10.4 Å². The maximum atomic E-state index is 12.3. The Balaban J connectivity index is 1.79. The van der Waals surface area contributed by atoms with E-state index >= 15 is 0 Å². The van der Waals surface area contributed by atoms with Gasteiger partial charge in [0.1, 0.15) is 0 Å². The first-order chi connectivity index (χ1) is 9.75. The van der Waals surface area contributed by atoms with Crippen molar-refractivity contribution in [3.8, 4) is 11.4 Å². The third-order valence-corrected chi connectivity index (χ3v) is 3.31. The molecule has 0 atom stereocenters. The zero-order valence-corrected chi connectivity index (χ0v) is 11.2. The van der Waals surface area contributed by atoms with Gasteiger partial charge in [0.05, 0.1) is 13.2 Å². The van der Waals surface area contributed by atoms with Crippen molar-refractivity contribution in [3.63, 3.8) is 0 Å². The van der Waals surface area contributed by atoms with Gasteiger partial charge in [0, 0.05) is 31.3 Å². The van der Waals surface area contributed by atoms with Crippen molar-refractivity contribution in [1.29, 1.82) is 0 Å². The van der Waals surface area contributed by atoms with Gasteiger partial charge in [-0.1, -0.05) is 12.1 Å². The highest BCUT2D eigenvalue weighted by atomic mass is 16.5. The molecular weight excluding hydrogens is 258 g/mol. The van der Waals surface area contributed by atoms with Crippen molar-refractivity contribution in [3.05, 3.63) is 29.8 Å². The minimum atomic E-state index is 0.0379. The van der Waals surface area contributed by atoms with Crippen LogP contribution >= 0.6 is 0 Å². The molecule has 1 saturated heterocycles. The number of carbonyl (C=O) groups is 1. The molecule has 0 N–H and O–H groups in total. The molecule has 0 radical (unpaired) electrons. The number of benzene rings is 1. The second kappa shape index (κ2) is 5.38. The van der Waals surface area contributed by atoms with E-state index in [0.29, 0.717) is 37.7 Å². The summed E-state index contributed by atoms with van der Waals surface area (Å²) in [6.07, 6.45) is 0. The smallest absolute Gasteiger partial charge is 0.254 e. The zero-order valence-electron chi connectivity index (χ0n) is 11.2. The molecule has 0 aliphatic carbocycles. The van der Waals surface area contributed by atoms with Crippen molar-refractivity contribution in [2.24, 2.45) is 7.05 Å². The Morgan fingerprint density at radius 1 is 1.20 bits per heavy atom. The predicted octanol–water partition coefficient (Wildman–Crippen LogP) is 0.349. The molecule has 7 nitrogen and oxygen atoms in total. The quantitative estimate of drug-likeness (QED) is 0.789. The summed E-state index contributed by atoms with van der Waals surface area (Å²) in [4.78, 5) is 14.1. The average molecular weight is 273 g/mol. The van der Waals surface area contributed by atoms with Crippen LogP contribution in [0.25, 0.3) is 11.4 Å². The summed E-state index contributed by atoms with van der Waals surface area (Å²) < 4.78 is 6.84. The summed E-state index contributed by atoms with van der Waals surface area (Å²) in [6.45, 7) is 2.50. The number of rotatable bonds is 2. The summed E-state index contributed by atoms with van der Waals surface area (Å²) in [6, 6.07) is 7.34. The maximum absolute atomic E-state index is 12.3. The van der Waals surface area contributed by atoms with E-state index in [0.717, 1.165) is 5.56 Å². The topological polar surface area (TPSA) is 73.1 Å². The number of nitrogens with zero attached hydrogens (tertiary/aromatic N) is 5. The summed E-state index contributed by atoms with van der Waals surface area (Å²) in [5.41, 5.74) is 1.56. The van der Waals surface area contributed by atoms with E-state index in [1.807, 2.05) is 29.2 Å². The lowest BCUT2D eigenvalue weighted by Gasteiger charge is -2.26. The SMILES string of the molecule is Cn1nnnc1-c1ccc(C(=O)N2CCOCC2)cc1. The molecule has 0 unspecified atom stereocenters. The van der Waals surface area contributed by atoms with Gasteiger partial charge in [-0.25, -0.2) is 4.68 Å². The fraction of sp³-hybridized carbons (Fsp3) is 0.385. The lowest BCUT2D eigenvalue weighted by atomic mass is 10.1. The first-order valence-corrected chi connectivity index (χ1v) is 6.45. The largest absolute Gasteiger partial charge is 0.378 e. The number of aryl methyl sites for hydroxylation is 1. The number of carbonyl (C=O) groups excluding carboxylic acids is 1. The van der Waals surface area contributed by atoms with Gasteiger partial charge >= 0.3 is 0 Å². The number of hydrogen-bond acceptors (Lipinski definition) is 5. The van der Waals surface area contributed by atoms with Gasteiger partial charge in [-0.3, -0.25) is 4.79 Å². The van der Waals surface area contributed by atoms with E-state index in [9.17, 15) is 4.79 Å². The van der Waals surface area contributed by atoms with Gasteiger partial charge < -0.3 is 9.64 Å². The van der Waals surface area contributed by atoms with Crippen LogP contribution in [0.4, 0.5) is 0 Å². The Hall–Kier alpha value is -2.28. The molecule has 2 heterocycles. The molecule has 0 spiro atoms. The third kappa shape index (κ3) is 2.39. The molecule has 1 fully saturated rings. The summed E-state index contributed by atoms with van der Waals surface area (Å²) in [5.74, 6) is 0.714. The average Bonchev–Trinajstić information content (AvgIpc) is 2.94. The molecule has 0 saturated carbocycles. The highest BCUT2D eigenvalue weighted by molar-refractivity contribution is 5.94. The van der Waals surface area contributed by atoms with Crippen LogP contribution in [0.5, 0.6) is 0 Å². The van der Waals surface area contributed by atoms with Crippen LogP contribution in [-0.2, 0) is 11.8 Å². The van der Waals surface area contributed by atoms with Crippen LogP contribution in [0.2, 0.25) is 0 Å². The third-order valence-electron chi connectivity index (χ3n) is 3.31. The van der Waals surface area contributed by atoms with Gasteiger partial charge in [0.2, 0.25) is 0 Å². The van der Waals surface area contributed by atoms with Crippen molar-refractivity contribution in [2.45, 2.75) is 0 Å². The van der Waals surface area contributed by atoms with E-state index in [2.05, 4.69) is 15.5 Å². The summed E-state index contributed by atoms with van der Waals surface area (Å²) in [7, 11) is 1.78. The Morgan fingerprint density at radius 3 is 2.50 bits per heavy atom. The van der Waals surface area contributed by atoms with Crippen molar-refractivity contribution >= 4 is 5.91 Å². The fourth-order valence-corrected chi connectivity index (χ4v) is 2.18. The van der Waals surface area contributed by atoms with Gasteiger partial charge in [-0.15, -0.1) is 5.10 Å². The van der Waals surface area contributed by atoms with Crippen molar-refractivity contribution in [1.82, 2.24) is 25.1 Å². The molecular formula is C13H15N5O2. The minimum absolute atomic E-state index is 0.0379. The van der Waals surface area contributed by atoms with Crippen LogP contribution in [0.15, 0.2) is 24.3 Å². The summed E-state index contributed by atoms with van der Waals surface area (Å²) >= 11 is 0. The highest BCUT2D eigenvalue weighted by Crippen LogP contribution is 2.16. The fourth-order valence-electron chi connectivity index (χ4n) is 2.18. The Morgan fingerprint density at radius 2 is 1.90 bits per heavy atom. The Labute approximate surface area is 116 Å². The van der Waals surface area contributed by atoms with Gasteiger partial charge in [0.15, 0.2) is 5.82 Å². The Kier molecular flexibility index (Phi) is 3.42. The lowest BCUT2D eigenvalue weighted by Crippen LogP contribution is -2.40. The van der Waals surface area contributed by atoms with E-state index in [-0.39, 0.29) is 5.91 Å². The van der Waals surface area contributed by atoms with E-state index in [1.54, 1.807) is 11.7 Å². The Bertz CT molecular complexity index is 601. The van der Waals surface area contributed by atoms with Crippen LogP contribution in [0, 0.1) is 0 Å². The molecule has 1 amide bonds. The first-order valence-electron chi connectivity index (χ1n) is 6.45. The van der Waals surface area contributed by atoms with E-state index < -0.39 is 0 Å². The zero-order chi connectivity index (χ0) is 13.9. The summed E-state index contributed by atoms with van der Waals surface area (Å²) in [5, 5.41) is 11.3. The number of tetrazole rings is 1. The number of ether oxygens (including phenoxy) is 1. The van der Waals surface area contributed by atoms with Gasteiger partial charge in [-0.2, -0.15) is 0 Å². The van der Waals surface area contributed by atoms with Gasteiger partial charge in [0.25, 0.3) is 5.91 Å². The van der Waals surface area contributed by atoms with Gasteiger partial charge in [-0.05, 0) is 22.6 Å². The van der Waals surface area contributed by atoms with Crippen molar-refractivity contribution < 1.29 is 9.53 Å². The molecule has 7 heteroatoms. The molecule has 104 valence electrons. The van der Waals surface area contributed by atoms with Crippen LogP contribution in [0.3, 0.4) is 0 Å². The molecule has 2 aromatic rings. The second-order valence-electron chi connectivity index (χ2n) is 4.61. The number of aromatic nitrogens is 4. The van der Waals surface area contributed by atoms with E-state index in [1.165, 1.54) is 0 Å². The maximum Gasteiger partial charge on any atom is 0.254 e. The molecule has 1 aliphatic rings. The highest BCUT2D eigenvalue weighted by Gasteiger charge is 2.18. The molecule has 3 rings (SSSR count). The molecule has 20 heavy (non-hydrogen) atoms. The second-order valence-corrected chi connectivity index (χ2v) is 4.61. The van der Waals surface area contributed by atoms with Crippen molar-refractivity contribution in [2.75, 3.05) is 26.3 Å². The standard InChI is InChI=1S/C13H15N5O2/c1-17-12(14-15-16-17)10-2-4-11(5-3-10)13(19)18-6-8-20-9-7-18/h2-5H,6-9H2,1H3.